The van der Waals surface area contributed by atoms with Crippen LogP contribution in [0.25, 0.3) is 0 Å². The number of carbonyl (C=O) groups is 3. The Balaban J connectivity index is 2.08. The summed E-state index contributed by atoms with van der Waals surface area (Å²) in [5, 5.41) is 8.75. The Morgan fingerprint density at radius 3 is 2.47 bits per heavy atom. The van der Waals surface area contributed by atoms with Crippen LogP contribution in [0.3, 0.4) is 0 Å². The minimum atomic E-state index is -0.886. The molecule has 0 aliphatic carbocycles. The second kappa shape index (κ2) is 11.8. The fraction of sp³-hybridized carbons (Fsp3) is 0.273. The zero-order valence-electron chi connectivity index (χ0n) is 18.2. The van der Waals surface area contributed by atoms with Gasteiger partial charge in [0.15, 0.2) is 18.1 Å². The van der Waals surface area contributed by atoms with E-state index in [-0.39, 0.29) is 12.5 Å². The molecule has 0 radical (unpaired) electrons. The lowest BCUT2D eigenvalue weighted by molar-refractivity contribution is -0.138. The third kappa shape index (κ3) is 7.09. The topological polar surface area (TPSA) is 118 Å². The van der Waals surface area contributed by atoms with Crippen molar-refractivity contribution in [3.05, 3.63) is 51.5 Å². The molecule has 0 heterocycles. The van der Waals surface area contributed by atoms with Crippen molar-refractivity contribution in [2.45, 2.75) is 20.8 Å². The van der Waals surface area contributed by atoms with E-state index in [9.17, 15) is 14.4 Å². The molecule has 0 unspecified atom stereocenters. The Morgan fingerprint density at radius 2 is 1.81 bits per heavy atom. The third-order valence-corrected chi connectivity index (χ3v) is 4.87. The zero-order valence-corrected chi connectivity index (χ0v) is 19.8. The zero-order chi connectivity index (χ0) is 23.7. The second-order valence-electron chi connectivity index (χ2n) is 6.68. The summed E-state index contributed by atoms with van der Waals surface area (Å²) in [6.07, 6.45) is 1.35. The first-order valence-electron chi connectivity index (χ1n) is 9.76. The molecule has 2 aromatic rings. The maximum Gasteiger partial charge on any atom is 0.329 e. The van der Waals surface area contributed by atoms with E-state index in [2.05, 4.69) is 37.1 Å². The van der Waals surface area contributed by atoms with Crippen LogP contribution in [0.2, 0.25) is 0 Å². The number of likely N-dealkylation sites (N-methyl/N-ethyl adjacent to an activating group) is 1. The maximum absolute atomic E-state index is 12.3. The molecule has 0 aromatic heterocycles. The van der Waals surface area contributed by atoms with Crippen molar-refractivity contribution >= 4 is 45.6 Å². The molecule has 0 aliphatic rings. The van der Waals surface area contributed by atoms with Crippen molar-refractivity contribution in [1.29, 1.82) is 0 Å². The summed E-state index contributed by atoms with van der Waals surface area (Å²) in [6, 6.07) is 8.98. The van der Waals surface area contributed by atoms with Crippen LogP contribution in [0, 0.1) is 13.8 Å². The van der Waals surface area contributed by atoms with Crippen molar-refractivity contribution < 1.29 is 23.9 Å². The Kier molecular flexibility index (Phi) is 9.21. The monoisotopic (exact) mass is 504 g/mol. The number of nitrogens with one attached hydrogen (secondary N) is 3. The summed E-state index contributed by atoms with van der Waals surface area (Å²) in [5.41, 5.74) is 5.60. The van der Waals surface area contributed by atoms with E-state index in [0.29, 0.717) is 33.8 Å². The average molecular weight is 505 g/mol. The predicted molar refractivity (Wildman–Crippen MR) is 125 cm³/mol. The summed E-state index contributed by atoms with van der Waals surface area (Å²) in [4.78, 5) is 35.0. The molecule has 2 aromatic carbocycles. The predicted octanol–water partition coefficient (Wildman–Crippen LogP) is 2.68. The Bertz CT molecular complexity index is 1040. The van der Waals surface area contributed by atoms with Gasteiger partial charge in [-0.2, -0.15) is 5.10 Å². The molecule has 3 N–H and O–H groups in total. The number of rotatable bonds is 8. The Labute approximate surface area is 194 Å². The van der Waals surface area contributed by atoms with Gasteiger partial charge in [-0.3, -0.25) is 14.4 Å². The molecule has 0 saturated heterocycles. The van der Waals surface area contributed by atoms with Crippen LogP contribution in [0.5, 0.6) is 11.5 Å². The van der Waals surface area contributed by atoms with Crippen LogP contribution in [-0.4, -0.2) is 44.2 Å². The van der Waals surface area contributed by atoms with Crippen LogP contribution >= 0.6 is 15.9 Å². The van der Waals surface area contributed by atoms with Gasteiger partial charge in [-0.1, -0.05) is 6.07 Å². The summed E-state index contributed by atoms with van der Waals surface area (Å²) in [7, 11) is 1.35. The molecule has 10 heteroatoms. The molecule has 0 saturated carbocycles. The molecule has 0 atom stereocenters. The summed E-state index contributed by atoms with van der Waals surface area (Å²) >= 11 is 3.41. The highest BCUT2D eigenvalue weighted by atomic mass is 79.9. The minimum Gasteiger partial charge on any atom is -0.490 e. The fourth-order valence-electron chi connectivity index (χ4n) is 2.55. The van der Waals surface area contributed by atoms with Crippen LogP contribution in [0.15, 0.2) is 39.9 Å². The van der Waals surface area contributed by atoms with Gasteiger partial charge in [0.05, 0.1) is 17.3 Å². The number of halogens is 1. The van der Waals surface area contributed by atoms with Crippen molar-refractivity contribution in [3.63, 3.8) is 0 Å². The average Bonchev–Trinajstić information content (AvgIpc) is 2.75. The molecule has 2 rings (SSSR count). The van der Waals surface area contributed by atoms with Crippen molar-refractivity contribution in [1.82, 2.24) is 10.7 Å². The summed E-state index contributed by atoms with van der Waals surface area (Å²) < 4.78 is 11.9. The molecule has 3 amide bonds. The lowest BCUT2D eigenvalue weighted by atomic mass is 10.1. The van der Waals surface area contributed by atoms with Crippen LogP contribution in [0.1, 0.15) is 23.6 Å². The van der Waals surface area contributed by atoms with Gasteiger partial charge in [-0.15, -0.1) is 0 Å². The number of aryl methyl sites for hydroxylation is 2. The van der Waals surface area contributed by atoms with E-state index in [4.69, 9.17) is 9.47 Å². The maximum atomic E-state index is 12.3. The number of carbonyl (C=O) groups excluding carboxylic acids is 3. The first-order valence-corrected chi connectivity index (χ1v) is 10.6. The molecule has 9 nitrogen and oxygen atoms in total. The number of hydrazone groups is 1. The number of ether oxygens (including phenoxy) is 2. The number of anilines is 1. The second-order valence-corrected chi connectivity index (χ2v) is 7.53. The molecule has 32 heavy (non-hydrogen) atoms. The summed E-state index contributed by atoms with van der Waals surface area (Å²) in [6.45, 7) is 5.93. The number of hydrogen-bond donors (Lipinski definition) is 3. The van der Waals surface area contributed by atoms with Gasteiger partial charge in [-0.05, 0) is 77.7 Å². The van der Waals surface area contributed by atoms with Crippen LogP contribution in [0.4, 0.5) is 5.69 Å². The van der Waals surface area contributed by atoms with E-state index < -0.39 is 11.8 Å². The van der Waals surface area contributed by atoms with E-state index >= 15 is 0 Å². The lowest BCUT2D eigenvalue weighted by Crippen LogP contribution is -2.35. The minimum absolute atomic E-state index is 0.221. The van der Waals surface area contributed by atoms with Crippen molar-refractivity contribution in [2.24, 2.45) is 5.10 Å². The largest absolute Gasteiger partial charge is 0.490 e. The molecule has 0 bridgehead atoms. The fourth-order valence-corrected chi connectivity index (χ4v) is 3.12. The highest BCUT2D eigenvalue weighted by molar-refractivity contribution is 9.10. The van der Waals surface area contributed by atoms with Crippen molar-refractivity contribution in [2.75, 3.05) is 25.6 Å². The first kappa shape index (κ1) is 24.9. The van der Waals surface area contributed by atoms with Crippen LogP contribution < -0.4 is 25.5 Å². The van der Waals surface area contributed by atoms with Gasteiger partial charge < -0.3 is 20.1 Å². The Hall–Kier alpha value is -3.40. The number of nitrogens with zero attached hydrogens (tertiary/aromatic N) is 1. The van der Waals surface area contributed by atoms with Gasteiger partial charge >= 0.3 is 11.8 Å². The van der Waals surface area contributed by atoms with Gasteiger partial charge in [0.1, 0.15) is 0 Å². The van der Waals surface area contributed by atoms with E-state index in [1.165, 1.54) is 13.3 Å². The molecule has 170 valence electrons. The highest BCUT2D eigenvalue weighted by Crippen LogP contribution is 2.36. The number of benzene rings is 2. The smallest absolute Gasteiger partial charge is 0.329 e. The van der Waals surface area contributed by atoms with E-state index in [1.807, 2.05) is 39.0 Å². The molecular formula is C22H25BrN4O5. The number of amides is 3. The standard InChI is InChI=1S/C22H25BrN4O5/c1-5-31-18-10-15(11-25-27-22(30)21(29)24-4)9-17(23)20(18)32-12-19(28)26-16-7-6-13(2)14(3)8-16/h6-11H,5,12H2,1-4H3,(H,24,29)(H,26,28)(H,27,30)/b25-11-. The molecule has 0 aliphatic heterocycles. The normalized spacial score (nSPS) is 10.5. The lowest BCUT2D eigenvalue weighted by Gasteiger charge is -2.15. The van der Waals surface area contributed by atoms with E-state index in [1.54, 1.807) is 12.1 Å². The van der Waals surface area contributed by atoms with Gasteiger partial charge in [0.25, 0.3) is 5.91 Å². The quantitative estimate of drug-likeness (QED) is 0.290. The third-order valence-electron chi connectivity index (χ3n) is 4.28. The van der Waals surface area contributed by atoms with Crippen LogP contribution in [-0.2, 0) is 14.4 Å². The number of hydrogen-bond acceptors (Lipinski definition) is 6. The molecular weight excluding hydrogens is 480 g/mol. The Morgan fingerprint density at radius 1 is 1.06 bits per heavy atom. The van der Waals surface area contributed by atoms with Gasteiger partial charge in [0, 0.05) is 12.7 Å². The highest BCUT2D eigenvalue weighted by Gasteiger charge is 2.14. The van der Waals surface area contributed by atoms with Crippen molar-refractivity contribution in [3.8, 4) is 11.5 Å². The molecule has 0 fully saturated rings. The first-order chi connectivity index (χ1) is 15.2. The van der Waals surface area contributed by atoms with Gasteiger partial charge in [0.2, 0.25) is 0 Å². The van der Waals surface area contributed by atoms with E-state index in [0.717, 1.165) is 11.1 Å². The summed E-state index contributed by atoms with van der Waals surface area (Å²) in [5.74, 6) is -1.26. The SMILES string of the molecule is CCOc1cc(/C=N\NC(=O)C(=O)NC)cc(Br)c1OCC(=O)Nc1ccc(C)c(C)c1. The van der Waals surface area contributed by atoms with Gasteiger partial charge in [-0.25, -0.2) is 5.43 Å². The molecule has 0 spiro atoms.